The smallest absolute Gasteiger partial charge is 0.0891 e. The first-order chi connectivity index (χ1) is 11.0. The summed E-state index contributed by atoms with van der Waals surface area (Å²) in [6.45, 7) is 16.0. The molecule has 1 aromatic heterocycles. The molecule has 0 bridgehead atoms. The summed E-state index contributed by atoms with van der Waals surface area (Å²) in [6, 6.07) is 0. The molecular weight excluding hydrogens is 298 g/mol. The lowest BCUT2D eigenvalue weighted by molar-refractivity contribution is -0.0898. The van der Waals surface area contributed by atoms with E-state index in [2.05, 4.69) is 58.8 Å². The highest BCUT2D eigenvalue weighted by Crippen LogP contribution is 2.39. The first-order valence-electron chi connectivity index (χ1n) is 9.64. The molecule has 1 aromatic rings. The van der Waals surface area contributed by atoms with Gasteiger partial charge in [0.05, 0.1) is 24.0 Å². The number of rotatable bonds is 10. The van der Waals surface area contributed by atoms with Crippen LogP contribution in [0.3, 0.4) is 0 Å². The van der Waals surface area contributed by atoms with Gasteiger partial charge in [0.2, 0.25) is 0 Å². The summed E-state index contributed by atoms with van der Waals surface area (Å²) in [5, 5.41) is 19.6. The minimum Gasteiger partial charge on any atom is -0.387 e. The Bertz CT molecular complexity index is 487. The first-order valence-corrected chi connectivity index (χ1v) is 9.64. The first kappa shape index (κ1) is 21.1. The van der Waals surface area contributed by atoms with Crippen LogP contribution in [0.4, 0.5) is 0 Å². The summed E-state index contributed by atoms with van der Waals surface area (Å²) < 4.78 is 1.93. The van der Waals surface area contributed by atoms with Crippen molar-refractivity contribution in [1.82, 2.24) is 15.0 Å². The predicted octanol–water partition coefficient (Wildman–Crippen LogP) is 5.00. The molecule has 140 valence electrons. The van der Waals surface area contributed by atoms with E-state index in [4.69, 9.17) is 0 Å². The van der Waals surface area contributed by atoms with Crippen LogP contribution in [0.1, 0.15) is 92.7 Å². The number of hydrogen-bond acceptors (Lipinski definition) is 3. The highest BCUT2D eigenvalue weighted by Gasteiger charge is 2.42. The maximum atomic E-state index is 11.3. The van der Waals surface area contributed by atoms with Crippen molar-refractivity contribution in [3.05, 3.63) is 11.9 Å². The van der Waals surface area contributed by atoms with Crippen LogP contribution in [0.15, 0.2) is 6.20 Å². The van der Waals surface area contributed by atoms with Gasteiger partial charge in [-0.15, -0.1) is 5.10 Å². The molecule has 1 rings (SSSR count). The molecule has 0 radical (unpaired) electrons. The Kier molecular flexibility index (Phi) is 7.45. The van der Waals surface area contributed by atoms with E-state index in [9.17, 15) is 5.11 Å². The number of nitrogens with zero attached hydrogens (tertiary/aromatic N) is 3. The minimum atomic E-state index is -0.753. The third-order valence-corrected chi connectivity index (χ3v) is 5.44. The normalized spacial score (nSPS) is 15.5. The zero-order valence-corrected chi connectivity index (χ0v) is 17.0. The molecule has 0 saturated carbocycles. The fourth-order valence-electron chi connectivity index (χ4n) is 3.48. The van der Waals surface area contributed by atoms with Crippen LogP contribution in [-0.2, 0) is 13.0 Å². The summed E-state index contributed by atoms with van der Waals surface area (Å²) in [5.74, 6) is 0. The number of aromatic nitrogens is 3. The lowest BCUT2D eigenvalue weighted by atomic mass is 9.70. The van der Waals surface area contributed by atoms with E-state index >= 15 is 0 Å². The van der Waals surface area contributed by atoms with Gasteiger partial charge in [0.25, 0.3) is 0 Å². The van der Waals surface area contributed by atoms with Crippen molar-refractivity contribution in [1.29, 1.82) is 0 Å². The van der Waals surface area contributed by atoms with Crippen LogP contribution in [0.2, 0.25) is 0 Å². The fraction of sp³-hybridized carbons (Fsp3) is 0.900. The summed E-state index contributed by atoms with van der Waals surface area (Å²) in [7, 11) is 0. The van der Waals surface area contributed by atoms with E-state index in [1.54, 1.807) is 0 Å². The van der Waals surface area contributed by atoms with Gasteiger partial charge in [0, 0.05) is 0 Å². The molecular formula is C20H39N3O. The molecule has 0 saturated heterocycles. The van der Waals surface area contributed by atoms with Gasteiger partial charge in [-0.2, -0.15) is 0 Å². The summed E-state index contributed by atoms with van der Waals surface area (Å²) in [5.41, 5.74) is 0.650. The Morgan fingerprint density at radius 1 is 1.04 bits per heavy atom. The topological polar surface area (TPSA) is 50.9 Å². The van der Waals surface area contributed by atoms with E-state index in [0.717, 1.165) is 37.8 Å². The van der Waals surface area contributed by atoms with Crippen molar-refractivity contribution in [3.8, 4) is 0 Å². The van der Waals surface area contributed by atoms with Gasteiger partial charge in [0.15, 0.2) is 0 Å². The van der Waals surface area contributed by atoms with Gasteiger partial charge in [-0.1, -0.05) is 66.5 Å². The van der Waals surface area contributed by atoms with Crippen molar-refractivity contribution in [2.24, 2.45) is 10.8 Å². The molecule has 0 aromatic carbocycles. The van der Waals surface area contributed by atoms with Crippen molar-refractivity contribution in [2.75, 3.05) is 0 Å². The monoisotopic (exact) mass is 337 g/mol. The van der Waals surface area contributed by atoms with Crippen LogP contribution in [0, 0.1) is 10.8 Å². The van der Waals surface area contributed by atoms with Crippen LogP contribution >= 0.6 is 0 Å². The molecule has 1 heterocycles. The standard InChI is InChI=1S/C20H39N3O/c1-8-13-19(6,7)20(24,9-2)16-23-17(15-21-22-23)12-10-11-14-18(3,4)5/h15,24H,8-14,16H2,1-7H3/t20-/m0/s1. The van der Waals surface area contributed by atoms with Gasteiger partial charge in [-0.3, -0.25) is 0 Å². The van der Waals surface area contributed by atoms with Crippen LogP contribution in [0.5, 0.6) is 0 Å². The van der Waals surface area contributed by atoms with Crippen molar-refractivity contribution < 1.29 is 5.11 Å². The molecule has 4 heteroatoms. The number of aryl methyl sites for hydroxylation is 1. The van der Waals surface area contributed by atoms with Gasteiger partial charge in [0.1, 0.15) is 0 Å². The van der Waals surface area contributed by atoms with Crippen molar-refractivity contribution in [2.45, 2.75) is 106 Å². The molecule has 0 spiro atoms. The summed E-state index contributed by atoms with van der Waals surface area (Å²) >= 11 is 0. The summed E-state index contributed by atoms with van der Waals surface area (Å²) in [4.78, 5) is 0. The lowest BCUT2D eigenvalue weighted by Gasteiger charge is -2.42. The fourth-order valence-corrected chi connectivity index (χ4v) is 3.48. The summed E-state index contributed by atoms with van der Waals surface area (Å²) in [6.07, 6.45) is 9.25. The molecule has 1 atom stereocenters. The van der Waals surface area contributed by atoms with E-state index in [0.29, 0.717) is 12.0 Å². The zero-order chi connectivity index (χ0) is 18.4. The predicted molar refractivity (Wildman–Crippen MR) is 101 cm³/mol. The maximum Gasteiger partial charge on any atom is 0.0891 e. The van der Waals surface area contributed by atoms with E-state index < -0.39 is 5.60 Å². The highest BCUT2D eigenvalue weighted by atomic mass is 16.3. The molecule has 1 N–H and O–H groups in total. The molecule has 24 heavy (non-hydrogen) atoms. The average molecular weight is 338 g/mol. The van der Waals surface area contributed by atoms with Gasteiger partial charge in [-0.25, -0.2) is 4.68 Å². The Hall–Kier alpha value is -0.900. The van der Waals surface area contributed by atoms with Crippen molar-refractivity contribution >= 4 is 0 Å². The SMILES string of the molecule is CCCC(C)(C)[C@](O)(CC)Cn1nncc1CCCCC(C)(C)C. The number of unbranched alkanes of at least 4 members (excludes halogenated alkanes) is 1. The molecule has 0 aliphatic rings. The maximum absolute atomic E-state index is 11.3. The van der Waals surface area contributed by atoms with E-state index in [1.807, 2.05) is 10.9 Å². The van der Waals surface area contributed by atoms with Crippen LogP contribution in [0.25, 0.3) is 0 Å². The van der Waals surface area contributed by atoms with Crippen molar-refractivity contribution in [3.63, 3.8) is 0 Å². The Balaban J connectivity index is 2.73. The number of hydrogen-bond donors (Lipinski definition) is 1. The minimum absolute atomic E-state index is 0.133. The van der Waals surface area contributed by atoms with Gasteiger partial charge < -0.3 is 5.11 Å². The molecule has 0 amide bonds. The molecule has 0 aliphatic heterocycles. The third-order valence-electron chi connectivity index (χ3n) is 5.44. The quantitative estimate of drug-likeness (QED) is 0.611. The highest BCUT2D eigenvalue weighted by molar-refractivity contribution is 4.99. The molecule has 0 aliphatic carbocycles. The van der Waals surface area contributed by atoms with Gasteiger partial charge >= 0.3 is 0 Å². The second-order valence-corrected chi connectivity index (χ2v) is 9.17. The van der Waals surface area contributed by atoms with Crippen LogP contribution in [-0.4, -0.2) is 25.7 Å². The second-order valence-electron chi connectivity index (χ2n) is 9.17. The molecule has 4 nitrogen and oxygen atoms in total. The third kappa shape index (κ3) is 5.87. The Morgan fingerprint density at radius 3 is 2.25 bits per heavy atom. The van der Waals surface area contributed by atoms with Gasteiger partial charge in [-0.05, 0) is 42.9 Å². The Labute approximate surface area is 149 Å². The van der Waals surface area contributed by atoms with E-state index in [-0.39, 0.29) is 5.41 Å². The molecule has 0 fully saturated rings. The second kappa shape index (κ2) is 8.46. The Morgan fingerprint density at radius 2 is 1.71 bits per heavy atom. The average Bonchev–Trinajstić information content (AvgIpc) is 2.89. The molecule has 0 unspecified atom stereocenters. The largest absolute Gasteiger partial charge is 0.387 e. The van der Waals surface area contributed by atoms with E-state index in [1.165, 1.54) is 12.8 Å². The van der Waals surface area contributed by atoms with Crippen LogP contribution < -0.4 is 0 Å². The lowest BCUT2D eigenvalue weighted by Crippen LogP contribution is -2.48. The number of aliphatic hydroxyl groups is 1. The zero-order valence-electron chi connectivity index (χ0n) is 17.0.